The first kappa shape index (κ1) is 46.4. The first-order chi connectivity index (χ1) is 19.4. The van der Waals surface area contributed by atoms with Crippen LogP contribution in [0.5, 0.6) is 0 Å². The summed E-state index contributed by atoms with van der Waals surface area (Å²) in [4.78, 5) is 24.7. The molecule has 0 saturated heterocycles. The van der Waals surface area contributed by atoms with Crippen LogP contribution in [0.15, 0.2) is 0 Å². The molecule has 0 aromatic rings. The number of hydrogen-bond acceptors (Lipinski definition) is 9. The summed E-state index contributed by atoms with van der Waals surface area (Å²) in [5.41, 5.74) is 7.83. The maximum Gasteiger partial charge on any atom is 0.306 e. The summed E-state index contributed by atoms with van der Waals surface area (Å²) in [5, 5.41) is 11.5. The maximum atomic E-state index is 12.7. The van der Waals surface area contributed by atoms with Crippen LogP contribution in [0.2, 0.25) is 0 Å². The highest BCUT2D eigenvalue weighted by molar-refractivity contribution is 8.00. The highest BCUT2D eigenvalue weighted by Gasteiger charge is 2.19. The van der Waals surface area contributed by atoms with Gasteiger partial charge in [-0.05, 0) is 64.2 Å². The van der Waals surface area contributed by atoms with Crippen molar-refractivity contribution in [2.45, 2.75) is 114 Å². The van der Waals surface area contributed by atoms with Gasteiger partial charge in [-0.15, -0.1) is 0 Å². The van der Waals surface area contributed by atoms with Crippen LogP contribution in [-0.2, 0) is 28.5 Å². The molecule has 0 aliphatic carbocycles. The molecule has 13 heteroatoms. The van der Waals surface area contributed by atoms with E-state index in [9.17, 15) is 14.7 Å². The van der Waals surface area contributed by atoms with Gasteiger partial charge in [0, 0.05) is 42.0 Å². The number of quaternary nitrogens is 2. The molecule has 0 saturated carbocycles. The molecule has 0 aromatic heterocycles. The Bertz CT molecular complexity index is 616. The summed E-state index contributed by atoms with van der Waals surface area (Å²) in [5.74, 6) is 1.60. The van der Waals surface area contributed by atoms with Crippen LogP contribution in [-0.4, -0.2) is 97.9 Å². The van der Waals surface area contributed by atoms with Gasteiger partial charge in [-0.3, -0.25) is 9.59 Å². The molecule has 0 bridgehead atoms. The number of ether oxygens (including phenoxy) is 4. The van der Waals surface area contributed by atoms with E-state index in [1.54, 1.807) is 7.11 Å². The minimum absolute atomic E-state index is 0. The normalized spacial score (nSPS) is 13.8. The zero-order valence-electron chi connectivity index (χ0n) is 26.3. The predicted octanol–water partition coefficient (Wildman–Crippen LogP) is -3.12. The molecule has 0 amide bonds. The fourth-order valence-electron chi connectivity index (χ4n) is 4.20. The van der Waals surface area contributed by atoms with Gasteiger partial charge in [0.1, 0.15) is 12.7 Å². The average molecular weight is 684 g/mol. The smallest absolute Gasteiger partial charge is 0.306 e. The third-order valence-electron chi connectivity index (χ3n) is 6.58. The molecule has 4 unspecified atom stereocenters. The standard InChI is InChI=1S/C29H58N2O7S2.2ClH/c1-4-26(39-22-16-30)14-12-24(32)8-6-11-29(34)38-25(13-15-27(5-2)40-23-17-31)9-7-10-28(33)37-21-20-36-19-18-35-3;;/h24-27,32H,4-23,30-31H2,1-3H3;2*1H. The van der Waals surface area contributed by atoms with Gasteiger partial charge in [-0.2, -0.15) is 23.5 Å². The van der Waals surface area contributed by atoms with Crippen LogP contribution < -0.4 is 36.3 Å². The van der Waals surface area contributed by atoms with E-state index in [1.165, 1.54) is 0 Å². The number of hydrogen-bond donors (Lipinski definition) is 3. The van der Waals surface area contributed by atoms with Crippen LogP contribution in [0.1, 0.15) is 90.9 Å². The van der Waals surface area contributed by atoms with Gasteiger partial charge >= 0.3 is 11.9 Å². The quantitative estimate of drug-likeness (QED) is 0.0551. The lowest BCUT2D eigenvalue weighted by atomic mass is 10.0. The number of thioether (sulfide) groups is 2. The second-order valence-corrected chi connectivity index (χ2v) is 12.9. The first-order valence-corrected chi connectivity index (χ1v) is 17.4. The van der Waals surface area contributed by atoms with E-state index in [0.717, 1.165) is 63.1 Å². The fraction of sp³-hybridized carbons (Fsp3) is 0.931. The van der Waals surface area contributed by atoms with Crippen molar-refractivity contribution < 1.29 is 69.9 Å². The molecule has 0 aliphatic rings. The van der Waals surface area contributed by atoms with Crippen LogP contribution in [0.4, 0.5) is 0 Å². The molecule has 42 heavy (non-hydrogen) atoms. The van der Waals surface area contributed by atoms with E-state index in [0.29, 0.717) is 62.4 Å². The Morgan fingerprint density at radius 2 is 1.29 bits per heavy atom. The topological polar surface area (TPSA) is 147 Å². The number of carbonyl (C=O) groups is 2. The number of rotatable bonds is 29. The molecule has 0 aromatic carbocycles. The van der Waals surface area contributed by atoms with Crippen molar-refractivity contribution in [1.29, 1.82) is 0 Å². The molecule has 0 rings (SSSR count). The zero-order chi connectivity index (χ0) is 29.8. The van der Waals surface area contributed by atoms with Crippen molar-refractivity contribution in [2.24, 2.45) is 0 Å². The van der Waals surface area contributed by atoms with Crippen LogP contribution in [0, 0.1) is 0 Å². The van der Waals surface area contributed by atoms with Gasteiger partial charge in [-0.25, -0.2) is 0 Å². The van der Waals surface area contributed by atoms with Crippen molar-refractivity contribution in [3.8, 4) is 0 Å². The highest BCUT2D eigenvalue weighted by Crippen LogP contribution is 2.24. The Labute approximate surface area is 276 Å². The minimum Gasteiger partial charge on any atom is -1.00 e. The summed E-state index contributed by atoms with van der Waals surface area (Å²) < 4.78 is 21.3. The van der Waals surface area contributed by atoms with Crippen molar-refractivity contribution >= 4 is 35.5 Å². The number of esters is 2. The molecule has 0 aliphatic heterocycles. The second kappa shape index (κ2) is 33.9. The van der Waals surface area contributed by atoms with E-state index < -0.39 is 0 Å². The lowest BCUT2D eigenvalue weighted by Crippen LogP contribution is -3.00. The third-order valence-corrected chi connectivity index (χ3v) is 9.71. The van der Waals surface area contributed by atoms with Gasteiger partial charge in [0.2, 0.25) is 0 Å². The summed E-state index contributed by atoms with van der Waals surface area (Å²) in [6, 6.07) is 0. The molecule has 0 heterocycles. The Morgan fingerprint density at radius 1 is 0.738 bits per heavy atom. The minimum atomic E-state index is -0.384. The zero-order valence-corrected chi connectivity index (χ0v) is 29.5. The first-order valence-electron chi connectivity index (χ1n) is 15.3. The summed E-state index contributed by atoms with van der Waals surface area (Å²) >= 11 is 3.86. The SMILES string of the molecule is CCC(CCC(O)CCCC(=O)OC(CCCC(=O)OCCOCCOC)CCC(CC)SCC[NH3+])SCC[NH3+].[Cl-].[Cl-]. The van der Waals surface area contributed by atoms with Gasteiger partial charge in [-0.1, -0.05) is 13.8 Å². The molecule has 254 valence electrons. The van der Waals surface area contributed by atoms with Crippen LogP contribution in [0.3, 0.4) is 0 Å². The summed E-state index contributed by atoms with van der Waals surface area (Å²) in [7, 11) is 1.61. The lowest BCUT2D eigenvalue weighted by molar-refractivity contribution is -0.360. The van der Waals surface area contributed by atoms with Crippen molar-refractivity contribution in [3.05, 3.63) is 0 Å². The molecule has 4 atom stereocenters. The number of aliphatic hydroxyl groups excluding tert-OH is 1. The summed E-state index contributed by atoms with van der Waals surface area (Å²) in [6.45, 7) is 7.76. The Kier molecular flexibility index (Phi) is 37.5. The van der Waals surface area contributed by atoms with Gasteiger partial charge in [0.25, 0.3) is 0 Å². The number of halogens is 2. The predicted molar refractivity (Wildman–Crippen MR) is 164 cm³/mol. The van der Waals surface area contributed by atoms with Crippen molar-refractivity contribution in [1.82, 2.24) is 0 Å². The van der Waals surface area contributed by atoms with E-state index in [2.05, 4.69) is 25.3 Å². The molecule has 0 spiro atoms. The van der Waals surface area contributed by atoms with E-state index in [-0.39, 0.29) is 62.0 Å². The average Bonchev–Trinajstić information content (AvgIpc) is 2.94. The Balaban J connectivity index is -0.00000760. The number of carbonyl (C=O) groups excluding carboxylic acids is 2. The Morgan fingerprint density at radius 3 is 1.86 bits per heavy atom. The molecule has 0 radical (unpaired) electrons. The molecular formula is C29H60Cl2N2O7S2. The number of methoxy groups -OCH3 is 1. The van der Waals surface area contributed by atoms with Gasteiger partial charge in [0.15, 0.2) is 0 Å². The molecule has 9 nitrogen and oxygen atoms in total. The van der Waals surface area contributed by atoms with Crippen molar-refractivity contribution in [3.63, 3.8) is 0 Å². The van der Waals surface area contributed by atoms with E-state index in [4.69, 9.17) is 18.9 Å². The monoisotopic (exact) mass is 682 g/mol. The van der Waals surface area contributed by atoms with E-state index >= 15 is 0 Å². The van der Waals surface area contributed by atoms with Crippen LogP contribution >= 0.6 is 23.5 Å². The third kappa shape index (κ3) is 28.8. The fourth-order valence-corrected chi connectivity index (χ4v) is 6.28. The van der Waals surface area contributed by atoms with Gasteiger partial charge in [0.05, 0.1) is 39.0 Å². The molecular weight excluding hydrogens is 623 g/mol. The Hall–Kier alpha value is 0.0200. The highest BCUT2D eigenvalue weighted by atomic mass is 35.5. The largest absolute Gasteiger partial charge is 1.00 e. The van der Waals surface area contributed by atoms with Crippen LogP contribution in [0.25, 0.3) is 0 Å². The second-order valence-electron chi connectivity index (χ2n) is 10.0. The van der Waals surface area contributed by atoms with Crippen molar-refractivity contribution in [2.75, 3.05) is 58.1 Å². The maximum absolute atomic E-state index is 12.7. The number of aliphatic hydroxyl groups is 1. The molecule has 7 N–H and O–H groups in total. The lowest BCUT2D eigenvalue weighted by Gasteiger charge is -2.21. The van der Waals surface area contributed by atoms with E-state index in [1.807, 2.05) is 23.5 Å². The summed E-state index contributed by atoms with van der Waals surface area (Å²) in [6.07, 6.45) is 8.11. The molecule has 0 fully saturated rings. The van der Waals surface area contributed by atoms with Gasteiger partial charge < -0.3 is 60.3 Å².